The van der Waals surface area contributed by atoms with Crippen LogP contribution >= 0.6 is 27.5 Å². The van der Waals surface area contributed by atoms with Gasteiger partial charge in [-0.3, -0.25) is 0 Å². The minimum absolute atomic E-state index is 0.119. The molecule has 2 aromatic rings. The standard InChI is InChI=1S/C13H15BrClFN2O2S/c1-13(2,21(3,19)20)7-18-11-5-9(16)8(14)4-10(11)17-12(18)6-15/h4-5H,6-7H2,1-3H3. The molecule has 116 valence electrons. The average molecular weight is 398 g/mol. The van der Waals surface area contributed by atoms with Crippen LogP contribution in [0.25, 0.3) is 11.0 Å². The van der Waals surface area contributed by atoms with Gasteiger partial charge >= 0.3 is 0 Å². The molecule has 1 aromatic heterocycles. The van der Waals surface area contributed by atoms with E-state index < -0.39 is 20.4 Å². The van der Waals surface area contributed by atoms with E-state index in [4.69, 9.17) is 11.6 Å². The lowest BCUT2D eigenvalue weighted by atomic mass is 10.2. The number of imidazole rings is 1. The Labute approximate surface area is 136 Å². The first kappa shape index (κ1) is 16.7. The Hall–Kier alpha value is -0.660. The number of fused-ring (bicyclic) bond motifs is 1. The molecule has 0 amide bonds. The maximum Gasteiger partial charge on any atom is 0.154 e. The monoisotopic (exact) mass is 396 g/mol. The number of halogens is 3. The molecule has 8 heteroatoms. The highest BCUT2D eigenvalue weighted by Gasteiger charge is 2.32. The minimum Gasteiger partial charge on any atom is -0.325 e. The fourth-order valence-corrected chi connectivity index (χ4v) is 2.85. The molecule has 2 rings (SSSR count). The highest BCUT2D eigenvalue weighted by Crippen LogP contribution is 2.28. The molecule has 21 heavy (non-hydrogen) atoms. The van der Waals surface area contributed by atoms with Crippen LogP contribution in [0.15, 0.2) is 16.6 Å². The van der Waals surface area contributed by atoms with Gasteiger partial charge in [0.2, 0.25) is 0 Å². The molecular weight excluding hydrogens is 383 g/mol. The molecule has 0 bridgehead atoms. The molecule has 0 N–H and O–H groups in total. The summed E-state index contributed by atoms with van der Waals surface area (Å²) in [7, 11) is -3.29. The number of rotatable bonds is 4. The number of sulfone groups is 1. The number of nitrogens with zero attached hydrogens (tertiary/aromatic N) is 2. The van der Waals surface area contributed by atoms with E-state index in [-0.39, 0.29) is 12.4 Å². The molecule has 0 unspecified atom stereocenters. The molecule has 0 saturated heterocycles. The summed E-state index contributed by atoms with van der Waals surface area (Å²) in [5.74, 6) is 0.205. The normalized spacial score (nSPS) is 13.0. The van der Waals surface area contributed by atoms with Crippen LogP contribution in [0.4, 0.5) is 4.39 Å². The highest BCUT2D eigenvalue weighted by atomic mass is 79.9. The van der Waals surface area contributed by atoms with Gasteiger partial charge in [0.1, 0.15) is 11.6 Å². The van der Waals surface area contributed by atoms with Crippen molar-refractivity contribution < 1.29 is 12.8 Å². The van der Waals surface area contributed by atoms with Gasteiger partial charge in [-0.2, -0.15) is 0 Å². The fraction of sp³-hybridized carbons (Fsp3) is 0.462. The van der Waals surface area contributed by atoms with E-state index in [1.54, 1.807) is 24.5 Å². The van der Waals surface area contributed by atoms with Crippen LogP contribution in [0, 0.1) is 5.82 Å². The highest BCUT2D eigenvalue weighted by molar-refractivity contribution is 9.10. The van der Waals surface area contributed by atoms with Gasteiger partial charge in [-0.25, -0.2) is 17.8 Å². The predicted molar refractivity (Wildman–Crippen MR) is 85.9 cm³/mol. The second kappa shape index (κ2) is 5.52. The van der Waals surface area contributed by atoms with Gasteiger partial charge < -0.3 is 4.57 Å². The lowest BCUT2D eigenvalue weighted by Crippen LogP contribution is -2.36. The molecule has 0 fully saturated rings. The molecule has 1 aromatic carbocycles. The number of alkyl halides is 1. The zero-order valence-corrected chi connectivity index (χ0v) is 15.0. The van der Waals surface area contributed by atoms with Crippen molar-refractivity contribution in [3.8, 4) is 0 Å². The van der Waals surface area contributed by atoms with Crippen molar-refractivity contribution in [1.29, 1.82) is 0 Å². The molecule has 0 spiro atoms. The molecule has 0 aliphatic carbocycles. The lowest BCUT2D eigenvalue weighted by Gasteiger charge is -2.24. The molecule has 1 heterocycles. The zero-order chi connectivity index (χ0) is 16.0. The summed E-state index contributed by atoms with van der Waals surface area (Å²) in [5, 5.41) is 0. The van der Waals surface area contributed by atoms with Crippen molar-refractivity contribution in [1.82, 2.24) is 9.55 Å². The van der Waals surface area contributed by atoms with E-state index in [1.165, 1.54) is 12.3 Å². The smallest absolute Gasteiger partial charge is 0.154 e. The van der Waals surface area contributed by atoms with Crippen molar-refractivity contribution in [3.63, 3.8) is 0 Å². The zero-order valence-electron chi connectivity index (χ0n) is 11.8. The maximum absolute atomic E-state index is 13.8. The predicted octanol–water partition coefficient (Wildman–Crippen LogP) is 3.50. The van der Waals surface area contributed by atoms with E-state index in [9.17, 15) is 12.8 Å². The first-order valence-corrected chi connectivity index (χ1v) is 9.38. The first-order valence-electron chi connectivity index (χ1n) is 6.16. The fourth-order valence-electron chi connectivity index (χ4n) is 1.95. The quantitative estimate of drug-likeness (QED) is 0.742. The van der Waals surface area contributed by atoms with E-state index in [1.807, 2.05) is 0 Å². The third-order valence-corrected chi connectivity index (χ3v) is 6.51. The Morgan fingerprint density at radius 3 is 2.57 bits per heavy atom. The summed E-state index contributed by atoms with van der Waals surface area (Å²) >= 11 is 9.00. The van der Waals surface area contributed by atoms with Crippen LogP contribution in [0.2, 0.25) is 0 Å². The Balaban J connectivity index is 2.65. The van der Waals surface area contributed by atoms with Crippen LogP contribution < -0.4 is 0 Å². The second-order valence-electron chi connectivity index (χ2n) is 5.53. The Morgan fingerprint density at radius 1 is 1.43 bits per heavy atom. The Kier molecular flexibility index (Phi) is 4.39. The van der Waals surface area contributed by atoms with Crippen molar-refractivity contribution in [3.05, 3.63) is 28.2 Å². The third kappa shape index (κ3) is 3.10. The molecule has 0 aliphatic heterocycles. The summed E-state index contributed by atoms with van der Waals surface area (Å²) in [5.41, 5.74) is 1.10. The van der Waals surface area contributed by atoms with Crippen molar-refractivity contribution in [2.45, 2.75) is 31.0 Å². The van der Waals surface area contributed by atoms with Gasteiger partial charge in [0.15, 0.2) is 9.84 Å². The summed E-state index contributed by atoms with van der Waals surface area (Å²) in [6.45, 7) is 3.41. The van der Waals surface area contributed by atoms with Gasteiger partial charge in [-0.05, 0) is 35.8 Å². The van der Waals surface area contributed by atoms with Crippen LogP contribution in [-0.4, -0.2) is 29.0 Å². The number of hydrogen-bond donors (Lipinski definition) is 0. The molecular formula is C13H15BrClFN2O2S. The van der Waals surface area contributed by atoms with E-state index in [0.717, 1.165) is 0 Å². The van der Waals surface area contributed by atoms with Crippen LogP contribution in [-0.2, 0) is 22.3 Å². The van der Waals surface area contributed by atoms with E-state index >= 15 is 0 Å². The summed E-state index contributed by atoms with van der Waals surface area (Å²) in [6.07, 6.45) is 1.18. The van der Waals surface area contributed by atoms with Gasteiger partial charge in [0, 0.05) is 18.9 Å². The SMILES string of the molecule is CC(C)(Cn1c(CCl)nc2cc(Br)c(F)cc21)S(C)(=O)=O. The average Bonchev–Trinajstić information content (AvgIpc) is 2.66. The van der Waals surface area contributed by atoms with E-state index in [0.29, 0.717) is 21.3 Å². The first-order chi connectivity index (χ1) is 9.56. The van der Waals surface area contributed by atoms with Gasteiger partial charge in [0.05, 0.1) is 26.1 Å². The number of aromatic nitrogens is 2. The Morgan fingerprint density at radius 2 is 2.05 bits per heavy atom. The second-order valence-corrected chi connectivity index (χ2v) is 9.31. The van der Waals surface area contributed by atoms with Gasteiger partial charge in [-0.1, -0.05) is 0 Å². The van der Waals surface area contributed by atoms with Crippen molar-refractivity contribution in [2.24, 2.45) is 0 Å². The molecule has 0 atom stereocenters. The summed E-state index contributed by atoms with van der Waals surface area (Å²) < 4.78 is 38.5. The number of benzene rings is 1. The van der Waals surface area contributed by atoms with Crippen LogP contribution in [0.1, 0.15) is 19.7 Å². The van der Waals surface area contributed by atoms with Crippen molar-refractivity contribution >= 4 is 48.4 Å². The minimum atomic E-state index is -3.29. The lowest BCUT2D eigenvalue weighted by molar-refractivity contribution is 0.502. The van der Waals surface area contributed by atoms with E-state index in [2.05, 4.69) is 20.9 Å². The van der Waals surface area contributed by atoms with Gasteiger partial charge in [-0.15, -0.1) is 11.6 Å². The Bertz CT molecular complexity index is 802. The van der Waals surface area contributed by atoms with Gasteiger partial charge in [0.25, 0.3) is 0 Å². The maximum atomic E-state index is 13.8. The van der Waals surface area contributed by atoms with Crippen molar-refractivity contribution in [2.75, 3.05) is 6.26 Å². The molecule has 0 aliphatic rings. The third-order valence-electron chi connectivity index (χ3n) is 3.53. The summed E-state index contributed by atoms with van der Waals surface area (Å²) in [4.78, 5) is 4.34. The number of hydrogen-bond acceptors (Lipinski definition) is 3. The largest absolute Gasteiger partial charge is 0.325 e. The molecule has 4 nitrogen and oxygen atoms in total. The van der Waals surface area contributed by atoms with Crippen LogP contribution in [0.3, 0.4) is 0 Å². The van der Waals surface area contributed by atoms with Crippen LogP contribution in [0.5, 0.6) is 0 Å². The molecule has 0 radical (unpaired) electrons. The molecule has 0 saturated carbocycles. The summed E-state index contributed by atoms with van der Waals surface area (Å²) in [6, 6.07) is 2.89. The topological polar surface area (TPSA) is 52.0 Å².